The summed E-state index contributed by atoms with van der Waals surface area (Å²) in [7, 11) is 0. The molecule has 0 radical (unpaired) electrons. The summed E-state index contributed by atoms with van der Waals surface area (Å²) in [4.78, 5) is 0. The van der Waals surface area contributed by atoms with Crippen LogP contribution in [0.4, 0.5) is 0 Å². The fraction of sp³-hybridized carbons (Fsp3) is 0.125. The molecule has 2 aromatic rings. The fourth-order valence-corrected chi connectivity index (χ4v) is 2.28. The van der Waals surface area contributed by atoms with Crippen LogP contribution in [0, 0.1) is 0 Å². The van der Waals surface area contributed by atoms with Gasteiger partial charge in [0.15, 0.2) is 0 Å². The maximum absolute atomic E-state index is 9.53. The van der Waals surface area contributed by atoms with Gasteiger partial charge in [0, 0.05) is 5.56 Å². The zero-order valence-electron chi connectivity index (χ0n) is 10.5. The molecule has 0 spiro atoms. The highest BCUT2D eigenvalue weighted by Gasteiger charge is 2.20. The van der Waals surface area contributed by atoms with E-state index >= 15 is 0 Å². The molecule has 0 bridgehead atoms. The summed E-state index contributed by atoms with van der Waals surface area (Å²) in [5.74, 6) is 1.20. The van der Waals surface area contributed by atoms with Gasteiger partial charge in [0.2, 0.25) is 0 Å². The Morgan fingerprint density at radius 3 is 2.58 bits per heavy atom. The summed E-state index contributed by atoms with van der Waals surface area (Å²) in [6.45, 7) is 1.98. The van der Waals surface area contributed by atoms with Gasteiger partial charge in [0.25, 0.3) is 0 Å². The Kier molecular flexibility index (Phi) is 2.67. The second-order valence-electron chi connectivity index (χ2n) is 4.66. The predicted octanol–water partition coefficient (Wildman–Crippen LogP) is 3.63. The second kappa shape index (κ2) is 4.35. The zero-order valence-corrected chi connectivity index (χ0v) is 10.5. The Morgan fingerprint density at radius 1 is 1.00 bits per heavy atom. The molecule has 1 aliphatic heterocycles. The van der Waals surface area contributed by atoms with Gasteiger partial charge in [-0.15, -0.1) is 0 Å². The zero-order chi connectivity index (χ0) is 13.4. The third-order valence-corrected chi connectivity index (χ3v) is 3.24. The van der Waals surface area contributed by atoms with Gasteiger partial charge in [-0.1, -0.05) is 12.1 Å². The van der Waals surface area contributed by atoms with Crippen LogP contribution in [0.25, 0.3) is 5.57 Å². The summed E-state index contributed by atoms with van der Waals surface area (Å²) in [6, 6.07) is 12.1. The van der Waals surface area contributed by atoms with Crippen LogP contribution in [-0.2, 0) is 0 Å². The molecule has 96 valence electrons. The highest BCUT2D eigenvalue weighted by atomic mass is 16.5. The molecule has 2 N–H and O–H groups in total. The molecule has 1 aliphatic rings. The largest absolute Gasteiger partial charge is 0.508 e. The molecule has 0 aliphatic carbocycles. The van der Waals surface area contributed by atoms with E-state index < -0.39 is 0 Å². The molecule has 2 aromatic carbocycles. The maximum Gasteiger partial charge on any atom is 0.143 e. The standard InChI is InChI=1S/C16H14O3/c1-10-7-16(11-3-2-4-12(17)8-11)19-15-6-5-13(18)9-14(10)15/h2-9,16-18H,1H3. The molecule has 0 amide bonds. The van der Waals surface area contributed by atoms with Crippen molar-refractivity contribution in [2.24, 2.45) is 0 Å². The number of phenolic OH excluding ortho intramolecular Hbond substituents is 2. The number of benzene rings is 2. The van der Waals surface area contributed by atoms with E-state index in [1.54, 1.807) is 36.4 Å². The Bertz CT molecular complexity index is 659. The first-order valence-corrected chi connectivity index (χ1v) is 6.11. The third kappa shape index (κ3) is 2.15. The van der Waals surface area contributed by atoms with E-state index in [-0.39, 0.29) is 17.6 Å². The number of rotatable bonds is 1. The van der Waals surface area contributed by atoms with E-state index in [1.165, 1.54) is 0 Å². The van der Waals surface area contributed by atoms with E-state index in [4.69, 9.17) is 4.74 Å². The highest BCUT2D eigenvalue weighted by molar-refractivity contribution is 5.72. The van der Waals surface area contributed by atoms with Gasteiger partial charge in [-0.2, -0.15) is 0 Å². The molecule has 19 heavy (non-hydrogen) atoms. The number of allylic oxidation sites excluding steroid dienone is 1. The summed E-state index contributed by atoms with van der Waals surface area (Å²) in [5.41, 5.74) is 2.85. The van der Waals surface area contributed by atoms with Crippen molar-refractivity contribution in [1.82, 2.24) is 0 Å². The number of aromatic hydroxyl groups is 2. The van der Waals surface area contributed by atoms with Gasteiger partial charge < -0.3 is 14.9 Å². The molecule has 0 saturated heterocycles. The molecule has 3 rings (SSSR count). The molecule has 1 unspecified atom stereocenters. The van der Waals surface area contributed by atoms with Gasteiger partial charge in [-0.3, -0.25) is 0 Å². The lowest BCUT2D eigenvalue weighted by Crippen LogP contribution is -2.10. The van der Waals surface area contributed by atoms with Gasteiger partial charge in [-0.05, 0) is 54.5 Å². The molecule has 1 heterocycles. The summed E-state index contributed by atoms with van der Waals surface area (Å²) >= 11 is 0. The first-order valence-electron chi connectivity index (χ1n) is 6.11. The topological polar surface area (TPSA) is 49.7 Å². The van der Waals surface area contributed by atoms with Crippen molar-refractivity contribution in [2.75, 3.05) is 0 Å². The Labute approximate surface area is 111 Å². The van der Waals surface area contributed by atoms with Crippen molar-refractivity contribution in [3.05, 3.63) is 59.7 Å². The normalized spacial score (nSPS) is 17.3. The molecule has 0 fully saturated rings. The van der Waals surface area contributed by atoms with Crippen LogP contribution in [0.5, 0.6) is 17.2 Å². The van der Waals surface area contributed by atoms with Crippen molar-refractivity contribution in [3.8, 4) is 17.2 Å². The summed E-state index contributed by atoms with van der Waals surface area (Å²) in [6.07, 6.45) is 1.76. The third-order valence-electron chi connectivity index (χ3n) is 3.24. The van der Waals surface area contributed by atoms with Crippen LogP contribution in [-0.4, -0.2) is 10.2 Å². The monoisotopic (exact) mass is 254 g/mol. The number of hydrogen-bond donors (Lipinski definition) is 2. The summed E-state index contributed by atoms with van der Waals surface area (Å²) in [5, 5.41) is 19.0. The van der Waals surface area contributed by atoms with Crippen molar-refractivity contribution in [2.45, 2.75) is 13.0 Å². The Morgan fingerprint density at radius 2 is 1.79 bits per heavy atom. The number of ether oxygens (including phenoxy) is 1. The Balaban J connectivity index is 2.02. The SMILES string of the molecule is CC1=CC(c2cccc(O)c2)Oc2ccc(O)cc21. The minimum Gasteiger partial charge on any atom is -0.508 e. The maximum atomic E-state index is 9.53. The molecule has 0 aromatic heterocycles. The smallest absolute Gasteiger partial charge is 0.143 e. The van der Waals surface area contributed by atoms with E-state index in [1.807, 2.05) is 19.1 Å². The number of hydrogen-bond acceptors (Lipinski definition) is 3. The van der Waals surface area contributed by atoms with Crippen molar-refractivity contribution in [3.63, 3.8) is 0 Å². The van der Waals surface area contributed by atoms with Crippen LogP contribution in [0.1, 0.15) is 24.2 Å². The highest BCUT2D eigenvalue weighted by Crippen LogP contribution is 2.39. The molecule has 3 nitrogen and oxygen atoms in total. The lowest BCUT2D eigenvalue weighted by Gasteiger charge is -2.24. The second-order valence-corrected chi connectivity index (χ2v) is 4.66. The first kappa shape index (κ1) is 11.7. The van der Waals surface area contributed by atoms with E-state index in [0.717, 1.165) is 22.4 Å². The van der Waals surface area contributed by atoms with Crippen LogP contribution >= 0.6 is 0 Å². The van der Waals surface area contributed by atoms with Crippen molar-refractivity contribution in [1.29, 1.82) is 0 Å². The molecule has 1 atom stereocenters. The average molecular weight is 254 g/mol. The van der Waals surface area contributed by atoms with Crippen molar-refractivity contribution >= 4 is 5.57 Å². The minimum atomic E-state index is -0.218. The average Bonchev–Trinajstić information content (AvgIpc) is 2.39. The predicted molar refractivity (Wildman–Crippen MR) is 73.2 cm³/mol. The lowest BCUT2D eigenvalue weighted by molar-refractivity contribution is 0.249. The fourth-order valence-electron chi connectivity index (χ4n) is 2.28. The van der Waals surface area contributed by atoms with Gasteiger partial charge in [0.1, 0.15) is 23.4 Å². The molecule has 3 heteroatoms. The Hall–Kier alpha value is -2.42. The number of phenols is 2. The first-order chi connectivity index (χ1) is 9.13. The van der Waals surface area contributed by atoms with E-state index in [9.17, 15) is 10.2 Å². The molecular weight excluding hydrogens is 240 g/mol. The quantitative estimate of drug-likeness (QED) is 0.817. The van der Waals surface area contributed by atoms with E-state index in [0.29, 0.717) is 0 Å². The van der Waals surface area contributed by atoms with Crippen LogP contribution < -0.4 is 4.74 Å². The van der Waals surface area contributed by atoms with Crippen LogP contribution in [0.15, 0.2) is 48.5 Å². The molecular formula is C16H14O3. The lowest BCUT2D eigenvalue weighted by atomic mass is 9.98. The van der Waals surface area contributed by atoms with Gasteiger partial charge in [0.05, 0.1) is 0 Å². The molecule has 0 saturated carbocycles. The van der Waals surface area contributed by atoms with Gasteiger partial charge >= 0.3 is 0 Å². The van der Waals surface area contributed by atoms with Gasteiger partial charge in [-0.25, -0.2) is 0 Å². The number of fused-ring (bicyclic) bond motifs is 1. The summed E-state index contributed by atoms with van der Waals surface area (Å²) < 4.78 is 5.90. The van der Waals surface area contributed by atoms with Crippen molar-refractivity contribution < 1.29 is 14.9 Å². The van der Waals surface area contributed by atoms with Crippen LogP contribution in [0.3, 0.4) is 0 Å². The van der Waals surface area contributed by atoms with Crippen LogP contribution in [0.2, 0.25) is 0 Å². The van der Waals surface area contributed by atoms with E-state index in [2.05, 4.69) is 0 Å². The minimum absolute atomic E-state index is 0.218.